The monoisotopic (exact) mass is 314 g/mol. The van der Waals surface area contributed by atoms with Crippen LogP contribution in [0.5, 0.6) is 0 Å². The van der Waals surface area contributed by atoms with Gasteiger partial charge >= 0.3 is 0 Å². The SMILES string of the molecule is [2H][C@@]1(CCCC)C=Cc2ccccc2[C@@H]1C(=O)N(C(C)C)C(C)C. The van der Waals surface area contributed by atoms with Gasteiger partial charge in [0.05, 0.1) is 5.92 Å². The number of benzene rings is 1. The molecule has 23 heavy (non-hydrogen) atoms. The zero-order valence-corrected chi connectivity index (χ0v) is 15.2. The molecule has 1 aliphatic rings. The number of hydrogen-bond acceptors (Lipinski definition) is 1. The van der Waals surface area contributed by atoms with E-state index < -0.39 is 11.8 Å². The maximum absolute atomic E-state index is 13.5. The molecule has 0 fully saturated rings. The highest BCUT2D eigenvalue weighted by Gasteiger charge is 2.36. The lowest BCUT2D eigenvalue weighted by atomic mass is 9.76. The number of unbranched alkanes of at least 4 members (excludes halogenated alkanes) is 1. The molecule has 0 radical (unpaired) electrons. The molecule has 1 aromatic rings. The zero-order valence-electron chi connectivity index (χ0n) is 16.2. The Bertz CT molecular complexity index is 600. The first kappa shape index (κ1) is 16.3. The van der Waals surface area contributed by atoms with E-state index in [1.165, 1.54) is 0 Å². The average Bonchev–Trinajstić information content (AvgIpc) is 2.52. The van der Waals surface area contributed by atoms with Gasteiger partial charge in [-0.1, -0.05) is 56.2 Å². The van der Waals surface area contributed by atoms with Crippen LogP contribution in [0.4, 0.5) is 0 Å². The molecule has 126 valence electrons. The molecule has 1 aromatic carbocycles. The van der Waals surface area contributed by atoms with E-state index in [9.17, 15) is 4.79 Å². The van der Waals surface area contributed by atoms with E-state index in [-0.39, 0.29) is 18.0 Å². The van der Waals surface area contributed by atoms with Gasteiger partial charge < -0.3 is 4.90 Å². The van der Waals surface area contributed by atoms with Crippen LogP contribution in [0.3, 0.4) is 0 Å². The van der Waals surface area contributed by atoms with Crippen LogP contribution < -0.4 is 0 Å². The smallest absolute Gasteiger partial charge is 0.231 e. The summed E-state index contributed by atoms with van der Waals surface area (Å²) in [5.74, 6) is -1.19. The van der Waals surface area contributed by atoms with Crippen LogP contribution in [0.1, 0.15) is 72.3 Å². The fourth-order valence-electron chi connectivity index (χ4n) is 3.57. The van der Waals surface area contributed by atoms with Gasteiger partial charge in [-0.2, -0.15) is 0 Å². The summed E-state index contributed by atoms with van der Waals surface area (Å²) in [6, 6.07) is 8.30. The second-order valence-corrected chi connectivity index (χ2v) is 7.01. The molecule has 0 aliphatic heterocycles. The molecule has 2 atom stereocenters. The van der Waals surface area contributed by atoms with E-state index in [0.717, 1.165) is 30.4 Å². The quantitative estimate of drug-likeness (QED) is 0.702. The van der Waals surface area contributed by atoms with E-state index >= 15 is 0 Å². The van der Waals surface area contributed by atoms with E-state index in [1.807, 2.05) is 41.3 Å². The van der Waals surface area contributed by atoms with Gasteiger partial charge in [-0.25, -0.2) is 0 Å². The van der Waals surface area contributed by atoms with E-state index in [0.29, 0.717) is 0 Å². The molecule has 0 spiro atoms. The number of nitrogens with zero attached hydrogens (tertiary/aromatic N) is 1. The predicted molar refractivity (Wildman–Crippen MR) is 98.4 cm³/mol. The lowest BCUT2D eigenvalue weighted by Crippen LogP contribution is -2.46. The van der Waals surface area contributed by atoms with Crippen LogP contribution in [0, 0.1) is 5.89 Å². The van der Waals surface area contributed by atoms with Crippen molar-refractivity contribution in [3.05, 3.63) is 41.5 Å². The summed E-state index contributed by atoms with van der Waals surface area (Å²) >= 11 is 0. The molecule has 0 aromatic heterocycles. The normalized spacial score (nSPS) is 23.8. The molecule has 0 bridgehead atoms. The third-order valence-corrected chi connectivity index (χ3v) is 4.59. The minimum atomic E-state index is -0.858. The standard InChI is InChI=1S/C21H31NO/c1-6-7-10-18-14-13-17-11-8-9-12-19(17)20(18)21(23)22(15(2)3)16(4)5/h8-9,11-16,18,20H,6-7,10H2,1-5H3/t18-,20-/m1/s1/i18D. The fraction of sp³-hybridized carbons (Fsp3) is 0.571. The van der Waals surface area contributed by atoms with Crippen molar-refractivity contribution in [1.29, 1.82) is 0 Å². The highest BCUT2D eigenvalue weighted by molar-refractivity contribution is 5.87. The Balaban J connectivity index is 2.50. The van der Waals surface area contributed by atoms with Gasteiger partial charge in [-0.05, 0) is 51.1 Å². The summed E-state index contributed by atoms with van der Waals surface area (Å²) in [5, 5.41) is 0. The van der Waals surface area contributed by atoms with Gasteiger partial charge in [0.25, 0.3) is 0 Å². The number of rotatable bonds is 6. The van der Waals surface area contributed by atoms with Crippen LogP contribution in [0.2, 0.25) is 0 Å². The zero-order chi connectivity index (χ0) is 17.9. The first-order chi connectivity index (χ1) is 11.3. The van der Waals surface area contributed by atoms with Crippen molar-refractivity contribution in [3.63, 3.8) is 0 Å². The van der Waals surface area contributed by atoms with E-state index in [4.69, 9.17) is 1.37 Å². The number of amides is 1. The molecule has 0 N–H and O–H groups in total. The largest absolute Gasteiger partial charge is 0.337 e. The Kier molecular flexibility index (Phi) is 5.53. The second kappa shape index (κ2) is 7.81. The fourth-order valence-corrected chi connectivity index (χ4v) is 3.57. The van der Waals surface area contributed by atoms with Crippen molar-refractivity contribution in [2.45, 2.75) is 71.9 Å². The van der Waals surface area contributed by atoms with Crippen LogP contribution in [0.15, 0.2) is 30.3 Å². The first-order valence-electron chi connectivity index (χ1n) is 9.42. The third kappa shape index (κ3) is 3.85. The number of carbonyl (C=O) groups excluding carboxylic acids is 1. The first-order valence-corrected chi connectivity index (χ1v) is 8.92. The number of fused-ring (bicyclic) bond motifs is 1. The van der Waals surface area contributed by atoms with Crippen molar-refractivity contribution >= 4 is 12.0 Å². The van der Waals surface area contributed by atoms with Gasteiger partial charge in [0.1, 0.15) is 0 Å². The van der Waals surface area contributed by atoms with Crippen LogP contribution in [-0.2, 0) is 4.79 Å². The van der Waals surface area contributed by atoms with Crippen molar-refractivity contribution in [2.24, 2.45) is 5.89 Å². The lowest BCUT2D eigenvalue weighted by molar-refractivity contribution is -0.137. The molecule has 0 saturated heterocycles. The lowest BCUT2D eigenvalue weighted by Gasteiger charge is -2.38. The highest BCUT2D eigenvalue weighted by atomic mass is 16.2. The molecule has 1 aliphatic carbocycles. The summed E-state index contributed by atoms with van der Waals surface area (Å²) in [5.41, 5.74) is 2.07. The summed E-state index contributed by atoms with van der Waals surface area (Å²) in [4.78, 5) is 15.4. The van der Waals surface area contributed by atoms with Gasteiger partial charge in [0.2, 0.25) is 5.91 Å². The maximum Gasteiger partial charge on any atom is 0.231 e. The summed E-state index contributed by atoms with van der Waals surface area (Å²) in [6.45, 7) is 10.4. The molecule has 2 rings (SSSR count). The molecule has 0 unspecified atom stereocenters. The Morgan fingerprint density at radius 1 is 1.22 bits per heavy atom. The van der Waals surface area contributed by atoms with Crippen molar-refractivity contribution < 1.29 is 6.17 Å². The van der Waals surface area contributed by atoms with E-state index in [1.54, 1.807) is 0 Å². The Morgan fingerprint density at radius 3 is 2.48 bits per heavy atom. The van der Waals surface area contributed by atoms with Crippen molar-refractivity contribution in [1.82, 2.24) is 4.90 Å². The molecule has 1 amide bonds. The Labute approximate surface area is 143 Å². The molecule has 2 nitrogen and oxygen atoms in total. The third-order valence-electron chi connectivity index (χ3n) is 4.59. The topological polar surface area (TPSA) is 20.3 Å². The summed E-state index contributed by atoms with van der Waals surface area (Å²) < 4.78 is 9.08. The van der Waals surface area contributed by atoms with Gasteiger partial charge in [-0.3, -0.25) is 4.79 Å². The minimum Gasteiger partial charge on any atom is -0.337 e. The van der Waals surface area contributed by atoms with Crippen molar-refractivity contribution in [3.8, 4) is 0 Å². The highest BCUT2D eigenvalue weighted by Crippen LogP contribution is 2.38. The van der Waals surface area contributed by atoms with Crippen molar-refractivity contribution in [2.75, 3.05) is 0 Å². The minimum absolute atomic E-state index is 0.0860. The van der Waals surface area contributed by atoms with Crippen LogP contribution in [-0.4, -0.2) is 22.9 Å². The van der Waals surface area contributed by atoms with Gasteiger partial charge in [-0.15, -0.1) is 0 Å². The molecule has 0 saturated carbocycles. The maximum atomic E-state index is 13.5. The number of hydrogen-bond donors (Lipinski definition) is 0. The van der Waals surface area contributed by atoms with Gasteiger partial charge in [0, 0.05) is 13.5 Å². The van der Waals surface area contributed by atoms with Crippen LogP contribution in [0.25, 0.3) is 6.08 Å². The van der Waals surface area contributed by atoms with E-state index in [2.05, 4.69) is 34.6 Å². The molecule has 2 heteroatoms. The number of allylic oxidation sites excluding steroid dienone is 1. The van der Waals surface area contributed by atoms with Gasteiger partial charge in [0.15, 0.2) is 0 Å². The predicted octanol–water partition coefficient (Wildman–Crippen LogP) is 5.25. The molecular formula is C21H31NO. The molecular weight excluding hydrogens is 282 g/mol. The Hall–Kier alpha value is -1.57. The second-order valence-electron chi connectivity index (χ2n) is 7.01. The summed E-state index contributed by atoms with van der Waals surface area (Å²) in [7, 11) is 0. The van der Waals surface area contributed by atoms with Crippen LogP contribution >= 0.6 is 0 Å². The summed E-state index contributed by atoms with van der Waals surface area (Å²) in [6.07, 6.45) is 6.69. The molecule has 0 heterocycles. The average molecular weight is 314 g/mol. The Morgan fingerprint density at radius 2 is 1.87 bits per heavy atom. The number of carbonyl (C=O) groups is 1.